The average Bonchev–Trinajstić information content (AvgIpc) is 2.01. The van der Waals surface area contributed by atoms with E-state index < -0.39 is 0 Å². The van der Waals surface area contributed by atoms with E-state index in [1.807, 2.05) is 18.4 Å². The molecule has 0 unspecified atom stereocenters. The van der Waals surface area contributed by atoms with Gasteiger partial charge in [-0.2, -0.15) is 5.26 Å². The van der Waals surface area contributed by atoms with E-state index in [1.165, 1.54) is 0 Å². The highest BCUT2D eigenvalue weighted by Crippen LogP contribution is 2.13. The maximum absolute atomic E-state index is 8.25. The summed E-state index contributed by atoms with van der Waals surface area (Å²) in [4.78, 5) is 0.752. The number of thioether (sulfide) groups is 1. The lowest BCUT2D eigenvalue weighted by Crippen LogP contribution is -1.69. The predicted molar refractivity (Wildman–Crippen MR) is 50.9 cm³/mol. The third kappa shape index (κ3) is 5.50. The van der Waals surface area contributed by atoms with Crippen molar-refractivity contribution in [3.63, 3.8) is 0 Å². The Kier molecular flexibility index (Phi) is 5.32. The van der Waals surface area contributed by atoms with Crippen LogP contribution in [0.1, 0.15) is 13.3 Å². The maximum Gasteiger partial charge on any atom is 0.138 e. The van der Waals surface area contributed by atoms with Crippen molar-refractivity contribution in [2.24, 2.45) is 0 Å². The molecule has 0 aliphatic carbocycles. The summed E-state index contributed by atoms with van der Waals surface area (Å²) in [6.45, 7) is 9.48. The molecule has 0 aliphatic rings. The van der Waals surface area contributed by atoms with Crippen molar-refractivity contribution in [3.8, 4) is 5.40 Å². The maximum atomic E-state index is 8.25. The van der Waals surface area contributed by atoms with Gasteiger partial charge in [0, 0.05) is 4.91 Å². The Bertz CT molecular complexity index is 220. The first-order valence-corrected chi connectivity index (χ1v) is 4.13. The van der Waals surface area contributed by atoms with E-state index in [-0.39, 0.29) is 0 Å². The van der Waals surface area contributed by atoms with Crippen molar-refractivity contribution >= 4 is 11.8 Å². The van der Waals surface area contributed by atoms with Crippen LogP contribution in [0.2, 0.25) is 0 Å². The summed E-state index contributed by atoms with van der Waals surface area (Å²) in [6.07, 6.45) is 4.62. The summed E-state index contributed by atoms with van der Waals surface area (Å²) in [5, 5.41) is 10.2. The SMILES string of the molecule is C=C(/C=C\C(=C)SC#N)CC. The normalized spacial score (nSPS) is 9.45. The van der Waals surface area contributed by atoms with E-state index in [0.29, 0.717) is 0 Å². The molecule has 0 rings (SSSR count). The molecule has 2 heteroatoms. The van der Waals surface area contributed by atoms with Gasteiger partial charge in [0.1, 0.15) is 5.40 Å². The summed E-state index contributed by atoms with van der Waals surface area (Å²) in [6, 6.07) is 0. The molecule has 0 heterocycles. The smallest absolute Gasteiger partial charge is 0.138 e. The molecular weight excluding hydrogens is 154 g/mol. The highest BCUT2D eigenvalue weighted by molar-refractivity contribution is 8.07. The van der Waals surface area contributed by atoms with Gasteiger partial charge in [0.05, 0.1) is 0 Å². The van der Waals surface area contributed by atoms with Gasteiger partial charge in [-0.05, 0) is 24.3 Å². The number of nitriles is 1. The summed E-state index contributed by atoms with van der Waals surface area (Å²) in [5.74, 6) is 0. The highest BCUT2D eigenvalue weighted by atomic mass is 32.2. The van der Waals surface area contributed by atoms with Crippen LogP contribution in [0.5, 0.6) is 0 Å². The number of hydrogen-bond acceptors (Lipinski definition) is 2. The van der Waals surface area contributed by atoms with Gasteiger partial charge in [-0.3, -0.25) is 0 Å². The summed E-state index contributed by atoms with van der Waals surface area (Å²) in [5.41, 5.74) is 1.05. The van der Waals surface area contributed by atoms with Crippen molar-refractivity contribution < 1.29 is 0 Å². The molecule has 0 saturated carbocycles. The quantitative estimate of drug-likeness (QED) is 0.471. The van der Waals surface area contributed by atoms with Gasteiger partial charge in [0.25, 0.3) is 0 Å². The average molecular weight is 165 g/mol. The van der Waals surface area contributed by atoms with E-state index in [0.717, 1.165) is 28.7 Å². The fourth-order valence-corrected chi connectivity index (χ4v) is 0.675. The Balaban J connectivity index is 3.85. The zero-order chi connectivity index (χ0) is 8.69. The number of thiocyanates is 1. The summed E-state index contributed by atoms with van der Waals surface area (Å²) < 4.78 is 0. The lowest BCUT2D eigenvalue weighted by Gasteiger charge is -1.91. The second kappa shape index (κ2) is 5.82. The largest absolute Gasteiger partial charge is 0.185 e. The Morgan fingerprint density at radius 2 is 2.18 bits per heavy atom. The Morgan fingerprint density at radius 1 is 1.55 bits per heavy atom. The van der Waals surface area contributed by atoms with Crippen LogP contribution in [-0.2, 0) is 0 Å². The third-order valence-corrected chi connectivity index (χ3v) is 1.63. The number of nitrogens with zero attached hydrogens (tertiary/aromatic N) is 1. The number of allylic oxidation sites excluding steroid dienone is 3. The molecule has 0 aromatic heterocycles. The topological polar surface area (TPSA) is 23.8 Å². The summed E-state index contributed by atoms with van der Waals surface area (Å²) >= 11 is 1.07. The molecule has 0 radical (unpaired) electrons. The highest BCUT2D eigenvalue weighted by Gasteiger charge is 1.86. The van der Waals surface area contributed by atoms with Crippen LogP contribution in [0, 0.1) is 10.7 Å². The first-order valence-electron chi connectivity index (χ1n) is 3.31. The molecule has 0 fully saturated rings. The molecule has 0 aromatic rings. The van der Waals surface area contributed by atoms with Crippen LogP contribution >= 0.6 is 11.8 Å². The number of rotatable bonds is 4. The molecule has 0 bridgehead atoms. The molecule has 0 saturated heterocycles. The molecule has 1 nitrogen and oxygen atoms in total. The first kappa shape index (κ1) is 10.1. The van der Waals surface area contributed by atoms with Crippen LogP contribution in [0.15, 0.2) is 35.8 Å². The Labute approximate surface area is 72.1 Å². The molecule has 0 aliphatic heterocycles. The minimum absolute atomic E-state index is 0.752. The molecular formula is C9H11NS. The van der Waals surface area contributed by atoms with Crippen LogP contribution in [0.4, 0.5) is 0 Å². The molecule has 11 heavy (non-hydrogen) atoms. The predicted octanol–water partition coefficient (Wildman–Crippen LogP) is 3.24. The van der Waals surface area contributed by atoms with E-state index in [1.54, 1.807) is 6.08 Å². The first-order chi connectivity index (χ1) is 5.20. The zero-order valence-corrected chi connectivity index (χ0v) is 7.45. The monoisotopic (exact) mass is 165 g/mol. The van der Waals surface area contributed by atoms with Crippen molar-refractivity contribution in [2.45, 2.75) is 13.3 Å². The second-order valence-electron chi connectivity index (χ2n) is 2.00. The second-order valence-corrected chi connectivity index (χ2v) is 2.92. The standard InChI is InChI=1S/C9H11NS/c1-4-8(2)5-6-9(3)11-7-10/h5-6H,2-4H2,1H3/b6-5-. The van der Waals surface area contributed by atoms with Crippen molar-refractivity contribution in [2.75, 3.05) is 0 Å². The van der Waals surface area contributed by atoms with Gasteiger partial charge in [0.2, 0.25) is 0 Å². The van der Waals surface area contributed by atoms with E-state index in [9.17, 15) is 0 Å². The molecule has 0 atom stereocenters. The molecule has 0 N–H and O–H groups in total. The van der Waals surface area contributed by atoms with Crippen LogP contribution in [0.25, 0.3) is 0 Å². The van der Waals surface area contributed by atoms with Gasteiger partial charge in [0.15, 0.2) is 0 Å². The van der Waals surface area contributed by atoms with Crippen LogP contribution < -0.4 is 0 Å². The van der Waals surface area contributed by atoms with Gasteiger partial charge >= 0.3 is 0 Å². The molecule has 0 amide bonds. The van der Waals surface area contributed by atoms with E-state index >= 15 is 0 Å². The van der Waals surface area contributed by atoms with Crippen molar-refractivity contribution in [3.05, 3.63) is 35.8 Å². The molecule has 0 spiro atoms. The van der Waals surface area contributed by atoms with Gasteiger partial charge < -0.3 is 0 Å². The fraction of sp³-hybridized carbons (Fsp3) is 0.222. The Hall–Kier alpha value is -0.940. The van der Waals surface area contributed by atoms with E-state index in [2.05, 4.69) is 13.2 Å². The van der Waals surface area contributed by atoms with Crippen LogP contribution in [-0.4, -0.2) is 0 Å². The lowest BCUT2D eigenvalue weighted by molar-refractivity contribution is 1.16. The van der Waals surface area contributed by atoms with Gasteiger partial charge in [-0.1, -0.05) is 31.7 Å². The van der Waals surface area contributed by atoms with Crippen LogP contribution in [0.3, 0.4) is 0 Å². The Morgan fingerprint density at radius 3 is 2.64 bits per heavy atom. The fourth-order valence-electron chi connectivity index (χ4n) is 0.421. The minimum atomic E-state index is 0.752. The van der Waals surface area contributed by atoms with Gasteiger partial charge in [-0.15, -0.1) is 0 Å². The van der Waals surface area contributed by atoms with Crippen molar-refractivity contribution in [1.29, 1.82) is 5.26 Å². The third-order valence-electron chi connectivity index (χ3n) is 1.14. The summed E-state index contributed by atoms with van der Waals surface area (Å²) in [7, 11) is 0. The lowest BCUT2D eigenvalue weighted by atomic mass is 10.2. The van der Waals surface area contributed by atoms with Crippen molar-refractivity contribution in [1.82, 2.24) is 0 Å². The van der Waals surface area contributed by atoms with Gasteiger partial charge in [-0.25, -0.2) is 0 Å². The molecule has 0 aromatic carbocycles. The molecule has 58 valence electrons. The van der Waals surface area contributed by atoms with E-state index in [4.69, 9.17) is 5.26 Å². The zero-order valence-electron chi connectivity index (χ0n) is 6.63. The minimum Gasteiger partial charge on any atom is -0.185 e. The number of hydrogen-bond donors (Lipinski definition) is 0.